The first-order chi connectivity index (χ1) is 12.6. The van der Waals surface area contributed by atoms with Crippen LogP contribution in [0.25, 0.3) is 5.52 Å². The van der Waals surface area contributed by atoms with Crippen LogP contribution >= 0.6 is 0 Å². The van der Waals surface area contributed by atoms with Crippen molar-refractivity contribution in [3.05, 3.63) is 29.6 Å². The first-order valence-electron chi connectivity index (χ1n) is 8.30. The second-order valence-electron chi connectivity index (χ2n) is 6.80. The lowest BCUT2D eigenvalue weighted by Gasteiger charge is -2.20. The number of fused-ring (bicyclic) bond motifs is 1. The summed E-state index contributed by atoms with van der Waals surface area (Å²) in [4.78, 5) is 35.5. The molecule has 0 radical (unpaired) electrons. The van der Waals surface area contributed by atoms with Crippen LogP contribution in [-0.2, 0) is 25.4 Å². The summed E-state index contributed by atoms with van der Waals surface area (Å²) in [5.74, 6) is -0.968. The minimum atomic E-state index is -0.692. The van der Waals surface area contributed by atoms with Gasteiger partial charge in [-0.2, -0.15) is 5.10 Å². The van der Waals surface area contributed by atoms with Gasteiger partial charge in [-0.15, -0.1) is 0 Å². The molecule has 0 atom stereocenters. The summed E-state index contributed by atoms with van der Waals surface area (Å²) in [6.07, 6.45) is 1.34. The summed E-state index contributed by atoms with van der Waals surface area (Å²) in [5.41, 5.74) is 0.956. The number of carbonyl (C=O) groups excluding carboxylic acids is 3. The third-order valence-electron chi connectivity index (χ3n) is 3.50. The van der Waals surface area contributed by atoms with Crippen molar-refractivity contribution in [2.45, 2.75) is 39.2 Å². The van der Waals surface area contributed by atoms with Crippen molar-refractivity contribution in [2.24, 2.45) is 0 Å². The molecule has 9 heteroatoms. The Morgan fingerprint density at radius 2 is 1.85 bits per heavy atom. The smallest absolute Gasteiger partial charge is 0.412 e. The number of ether oxygens (including phenoxy) is 3. The van der Waals surface area contributed by atoms with Crippen LogP contribution in [0.1, 0.15) is 43.2 Å². The van der Waals surface area contributed by atoms with Crippen molar-refractivity contribution in [1.29, 1.82) is 0 Å². The normalized spacial score (nSPS) is 11.1. The fourth-order valence-corrected chi connectivity index (χ4v) is 2.33. The number of hydrogen-bond acceptors (Lipinski definition) is 7. The Hall–Kier alpha value is -3.10. The first kappa shape index (κ1) is 20.2. The molecule has 0 aliphatic rings. The standard InChI is InChI=1S/C18H23N3O6/c1-18(2,3)27-17(24)19-14-9-12-8-11(6-7-15(22)25-4)20-21(12)10-13(14)16(23)26-5/h8-10H,6-7H2,1-5H3,(H,19,24). The van der Waals surface area contributed by atoms with Crippen molar-refractivity contribution in [2.75, 3.05) is 19.5 Å². The number of carbonyl (C=O) groups is 3. The van der Waals surface area contributed by atoms with E-state index in [1.54, 1.807) is 32.9 Å². The number of aryl methyl sites for hydroxylation is 1. The molecule has 0 unspecified atom stereocenters. The van der Waals surface area contributed by atoms with E-state index in [0.717, 1.165) is 0 Å². The second-order valence-corrected chi connectivity index (χ2v) is 6.80. The van der Waals surface area contributed by atoms with E-state index in [0.29, 0.717) is 17.6 Å². The maximum Gasteiger partial charge on any atom is 0.412 e. The average Bonchev–Trinajstić information content (AvgIpc) is 2.98. The summed E-state index contributed by atoms with van der Waals surface area (Å²) in [6, 6.07) is 3.34. The van der Waals surface area contributed by atoms with Crippen molar-refractivity contribution in [1.82, 2.24) is 9.61 Å². The molecule has 2 aromatic heterocycles. The quantitative estimate of drug-likeness (QED) is 0.630. The predicted octanol–water partition coefficient (Wildman–Crippen LogP) is 2.57. The highest BCUT2D eigenvalue weighted by Crippen LogP contribution is 2.22. The van der Waals surface area contributed by atoms with Crippen LogP contribution in [0.3, 0.4) is 0 Å². The maximum atomic E-state index is 12.1. The molecule has 146 valence electrons. The molecule has 1 amide bonds. The zero-order chi connectivity index (χ0) is 20.2. The highest BCUT2D eigenvalue weighted by atomic mass is 16.6. The molecule has 1 N–H and O–H groups in total. The molecular weight excluding hydrogens is 354 g/mol. The number of amides is 1. The summed E-state index contributed by atoms with van der Waals surface area (Å²) in [6.45, 7) is 5.21. The molecule has 2 heterocycles. The molecule has 27 heavy (non-hydrogen) atoms. The molecule has 0 saturated carbocycles. The Morgan fingerprint density at radius 1 is 1.15 bits per heavy atom. The fourth-order valence-electron chi connectivity index (χ4n) is 2.33. The predicted molar refractivity (Wildman–Crippen MR) is 96.7 cm³/mol. The molecule has 2 rings (SSSR count). The van der Waals surface area contributed by atoms with Crippen LogP contribution < -0.4 is 5.32 Å². The fraction of sp³-hybridized carbons (Fsp3) is 0.444. The van der Waals surface area contributed by atoms with Crippen LogP contribution in [0.15, 0.2) is 18.3 Å². The second kappa shape index (κ2) is 8.07. The van der Waals surface area contributed by atoms with E-state index in [1.165, 1.54) is 24.9 Å². The van der Waals surface area contributed by atoms with E-state index in [-0.39, 0.29) is 23.6 Å². The summed E-state index contributed by atoms with van der Waals surface area (Å²) >= 11 is 0. The van der Waals surface area contributed by atoms with Gasteiger partial charge in [0.1, 0.15) is 11.2 Å². The van der Waals surface area contributed by atoms with Crippen LogP contribution in [0.4, 0.5) is 10.5 Å². The Bertz CT molecular complexity index is 866. The average molecular weight is 377 g/mol. The topological polar surface area (TPSA) is 108 Å². The van der Waals surface area contributed by atoms with Gasteiger partial charge in [-0.05, 0) is 32.9 Å². The molecule has 0 aromatic carbocycles. The summed E-state index contributed by atoms with van der Waals surface area (Å²) < 4.78 is 16.1. The van der Waals surface area contributed by atoms with Gasteiger partial charge in [0.05, 0.1) is 37.5 Å². The van der Waals surface area contributed by atoms with Gasteiger partial charge in [-0.1, -0.05) is 0 Å². The highest BCUT2D eigenvalue weighted by Gasteiger charge is 2.21. The number of esters is 2. The van der Waals surface area contributed by atoms with Gasteiger partial charge in [0.25, 0.3) is 0 Å². The van der Waals surface area contributed by atoms with Gasteiger partial charge in [0, 0.05) is 12.6 Å². The molecule has 0 aliphatic carbocycles. The molecule has 0 spiro atoms. The van der Waals surface area contributed by atoms with E-state index in [1.807, 2.05) is 0 Å². The van der Waals surface area contributed by atoms with E-state index in [2.05, 4.69) is 15.2 Å². The van der Waals surface area contributed by atoms with Crippen LogP contribution in [0.5, 0.6) is 0 Å². The summed E-state index contributed by atoms with van der Waals surface area (Å²) in [7, 11) is 2.57. The third kappa shape index (κ3) is 5.44. The van der Waals surface area contributed by atoms with Gasteiger partial charge in [-0.3, -0.25) is 10.1 Å². The van der Waals surface area contributed by atoms with E-state index in [9.17, 15) is 14.4 Å². The van der Waals surface area contributed by atoms with E-state index >= 15 is 0 Å². The number of rotatable bonds is 5. The lowest BCUT2D eigenvalue weighted by atomic mass is 10.2. The number of nitrogens with zero attached hydrogens (tertiary/aromatic N) is 2. The molecule has 0 saturated heterocycles. The van der Waals surface area contributed by atoms with Crippen LogP contribution in [0, 0.1) is 0 Å². The first-order valence-corrected chi connectivity index (χ1v) is 8.30. The van der Waals surface area contributed by atoms with Crippen molar-refractivity contribution < 1.29 is 28.6 Å². The summed E-state index contributed by atoms with van der Waals surface area (Å²) in [5, 5.41) is 6.90. The third-order valence-corrected chi connectivity index (χ3v) is 3.50. The Morgan fingerprint density at radius 3 is 2.44 bits per heavy atom. The van der Waals surface area contributed by atoms with Gasteiger partial charge in [0.2, 0.25) is 0 Å². The number of anilines is 1. The van der Waals surface area contributed by atoms with Crippen molar-refractivity contribution >= 4 is 29.2 Å². The minimum absolute atomic E-state index is 0.124. The number of methoxy groups -OCH3 is 2. The SMILES string of the molecule is COC(=O)CCc1cc2cc(NC(=O)OC(C)(C)C)c(C(=O)OC)cn2n1. The molecule has 0 aliphatic heterocycles. The number of aromatic nitrogens is 2. The Balaban J connectivity index is 2.34. The minimum Gasteiger partial charge on any atom is -0.469 e. The van der Waals surface area contributed by atoms with E-state index in [4.69, 9.17) is 9.47 Å². The largest absolute Gasteiger partial charge is 0.469 e. The zero-order valence-corrected chi connectivity index (χ0v) is 16.0. The molecule has 9 nitrogen and oxygen atoms in total. The lowest BCUT2D eigenvalue weighted by molar-refractivity contribution is -0.140. The molecule has 0 fully saturated rings. The number of hydrogen-bond donors (Lipinski definition) is 1. The maximum absolute atomic E-state index is 12.1. The Kier molecular flexibility index (Phi) is 6.04. The molecular formula is C18H23N3O6. The van der Waals surface area contributed by atoms with Gasteiger partial charge in [0.15, 0.2) is 0 Å². The van der Waals surface area contributed by atoms with Crippen molar-refractivity contribution in [3.8, 4) is 0 Å². The highest BCUT2D eigenvalue weighted by molar-refractivity contribution is 6.00. The lowest BCUT2D eigenvalue weighted by Crippen LogP contribution is -2.28. The number of nitrogens with one attached hydrogen (secondary N) is 1. The van der Waals surface area contributed by atoms with Gasteiger partial charge < -0.3 is 14.2 Å². The van der Waals surface area contributed by atoms with E-state index < -0.39 is 17.7 Å². The van der Waals surface area contributed by atoms with Crippen molar-refractivity contribution in [3.63, 3.8) is 0 Å². The van der Waals surface area contributed by atoms with Gasteiger partial charge >= 0.3 is 18.0 Å². The van der Waals surface area contributed by atoms with Crippen LogP contribution in [0.2, 0.25) is 0 Å². The molecule has 0 bridgehead atoms. The number of pyridine rings is 1. The molecule has 2 aromatic rings. The van der Waals surface area contributed by atoms with Crippen LogP contribution in [-0.4, -0.2) is 47.5 Å². The zero-order valence-electron chi connectivity index (χ0n) is 16.0. The van der Waals surface area contributed by atoms with Gasteiger partial charge in [-0.25, -0.2) is 14.1 Å². The monoisotopic (exact) mass is 377 g/mol. The Labute approximate surface area is 156 Å².